The quantitative estimate of drug-likeness (QED) is 0.243. The molecule has 0 radical (unpaired) electrons. The molecule has 6 atom stereocenters. The van der Waals surface area contributed by atoms with Crippen molar-refractivity contribution in [2.75, 3.05) is 13.2 Å². The monoisotopic (exact) mass is 814 g/mol. The lowest BCUT2D eigenvalue weighted by atomic mass is 9.80. The maximum atomic E-state index is 15.3. The number of rotatable bonds is 12. The molecule has 2 aliphatic heterocycles. The number of nitrogens with zero attached hydrogens (tertiary/aromatic N) is 1. The first-order valence-electron chi connectivity index (χ1n) is 19.7. The molecule has 58 heavy (non-hydrogen) atoms. The molecular weight excluding hydrogens is 767 g/mol. The van der Waals surface area contributed by atoms with Crippen molar-refractivity contribution in [3.05, 3.63) is 106 Å². The molecule has 2 saturated carbocycles. The Hall–Kier alpha value is -4.98. The molecule has 4 amide bonds. The predicted octanol–water partition coefficient (Wildman–Crippen LogP) is 4.31. The van der Waals surface area contributed by atoms with Crippen LogP contribution >= 0.6 is 11.6 Å². The van der Waals surface area contributed by atoms with Crippen LogP contribution in [-0.2, 0) is 51.7 Å². The van der Waals surface area contributed by atoms with Crippen LogP contribution in [0.2, 0.25) is 5.02 Å². The van der Waals surface area contributed by atoms with E-state index in [1.807, 2.05) is 20.8 Å². The van der Waals surface area contributed by atoms with Gasteiger partial charge in [0.2, 0.25) is 11.8 Å². The van der Waals surface area contributed by atoms with E-state index in [0.29, 0.717) is 41.8 Å². The van der Waals surface area contributed by atoms with Gasteiger partial charge in [-0.1, -0.05) is 68.8 Å². The SMILES string of the molecule is CC(C)(C)c1ccc(C(=O)N(C(Cc2ccc(Cl)cc2)C(=O)NC23CCCC2OCC3=O)C(Cc2ccc(F)cc2)C(=O)NC23CCCC2(C(N)=O)OCC3=O)cc1. The van der Waals surface area contributed by atoms with Gasteiger partial charge in [-0.25, -0.2) is 4.39 Å². The molecule has 7 rings (SSSR count). The summed E-state index contributed by atoms with van der Waals surface area (Å²) in [6.45, 7) is 5.44. The summed E-state index contributed by atoms with van der Waals surface area (Å²) in [6, 6.07) is 15.9. The van der Waals surface area contributed by atoms with Crippen molar-refractivity contribution in [1.29, 1.82) is 0 Å². The first-order valence-corrected chi connectivity index (χ1v) is 20.1. The van der Waals surface area contributed by atoms with Crippen molar-refractivity contribution in [3.63, 3.8) is 0 Å². The van der Waals surface area contributed by atoms with Crippen molar-refractivity contribution in [2.45, 2.75) is 112 Å². The Bertz CT molecular complexity index is 2120. The van der Waals surface area contributed by atoms with Gasteiger partial charge in [0.25, 0.3) is 11.8 Å². The third kappa shape index (κ3) is 7.32. The van der Waals surface area contributed by atoms with Gasteiger partial charge in [0, 0.05) is 23.4 Å². The first kappa shape index (κ1) is 41.2. The third-order valence-electron chi connectivity index (χ3n) is 12.5. The molecule has 2 aliphatic carbocycles. The molecule has 4 aliphatic rings. The molecular formula is C44H48ClFN4O8. The lowest BCUT2D eigenvalue weighted by Crippen LogP contribution is -2.70. The lowest BCUT2D eigenvalue weighted by molar-refractivity contribution is -0.146. The van der Waals surface area contributed by atoms with Crippen LogP contribution in [0, 0.1) is 5.82 Å². The highest BCUT2D eigenvalue weighted by Crippen LogP contribution is 2.47. The molecule has 2 saturated heterocycles. The summed E-state index contributed by atoms with van der Waals surface area (Å²) >= 11 is 6.26. The number of carbonyl (C=O) groups excluding carboxylic acids is 6. The van der Waals surface area contributed by atoms with Crippen molar-refractivity contribution in [3.8, 4) is 0 Å². The molecule has 0 bridgehead atoms. The molecule has 0 spiro atoms. The van der Waals surface area contributed by atoms with Gasteiger partial charge in [0.1, 0.15) is 42.2 Å². The zero-order chi connectivity index (χ0) is 41.6. The second-order valence-electron chi connectivity index (χ2n) is 17.0. The van der Waals surface area contributed by atoms with E-state index in [0.717, 1.165) is 5.56 Å². The summed E-state index contributed by atoms with van der Waals surface area (Å²) in [4.78, 5) is 87.1. The number of primary amides is 1. The summed E-state index contributed by atoms with van der Waals surface area (Å²) < 4.78 is 25.9. The topological polar surface area (TPSA) is 174 Å². The van der Waals surface area contributed by atoms with Crippen molar-refractivity contribution < 1.29 is 42.6 Å². The Morgan fingerprint density at radius 3 is 2.03 bits per heavy atom. The number of nitrogens with two attached hydrogens (primary N) is 1. The van der Waals surface area contributed by atoms with Crippen molar-refractivity contribution in [2.24, 2.45) is 5.73 Å². The molecule has 14 heteroatoms. The van der Waals surface area contributed by atoms with Gasteiger partial charge in [-0.2, -0.15) is 0 Å². The highest BCUT2D eigenvalue weighted by molar-refractivity contribution is 6.30. The van der Waals surface area contributed by atoms with E-state index >= 15 is 14.4 Å². The van der Waals surface area contributed by atoms with Gasteiger partial charge >= 0.3 is 0 Å². The van der Waals surface area contributed by atoms with E-state index in [1.165, 1.54) is 29.2 Å². The van der Waals surface area contributed by atoms with Crippen molar-refractivity contribution in [1.82, 2.24) is 15.5 Å². The number of halogens is 2. The van der Waals surface area contributed by atoms with E-state index in [1.54, 1.807) is 48.5 Å². The van der Waals surface area contributed by atoms with Gasteiger partial charge < -0.3 is 30.7 Å². The Kier molecular flexibility index (Phi) is 11.1. The Balaban J connectivity index is 1.40. The van der Waals surface area contributed by atoms with E-state index < -0.39 is 76.7 Å². The number of Topliss-reactive ketones (excluding diaryl/α,β-unsaturated/α-hetero) is 2. The lowest BCUT2D eigenvalue weighted by Gasteiger charge is -2.41. The standard InChI is InChI=1S/C44H48ClFN4O8/c1-41(2,3)29-13-11-28(12-14-29)39(55)50(32(22-26-7-15-30(45)16-8-26)37(53)48-42-19-4-6-36(42)57-24-34(42)51)33(23-27-9-17-31(46)18-10-27)38(54)49-43-20-5-21-44(43,40(47)56)58-25-35(43)52/h7-18,32-33,36H,4-6,19-25H2,1-3H3,(H2,47,56)(H,48,53)(H,49,54). The van der Waals surface area contributed by atoms with Crippen LogP contribution < -0.4 is 16.4 Å². The second kappa shape index (κ2) is 15.6. The zero-order valence-corrected chi connectivity index (χ0v) is 33.5. The maximum absolute atomic E-state index is 15.3. The van der Waals surface area contributed by atoms with E-state index in [2.05, 4.69) is 10.6 Å². The Labute approximate surface area is 341 Å². The Morgan fingerprint density at radius 2 is 1.43 bits per heavy atom. The Morgan fingerprint density at radius 1 is 0.828 bits per heavy atom. The van der Waals surface area contributed by atoms with Crippen LogP contribution in [-0.4, -0.2) is 88.2 Å². The maximum Gasteiger partial charge on any atom is 0.255 e. The van der Waals surface area contributed by atoms with E-state index in [9.17, 15) is 18.8 Å². The van der Waals surface area contributed by atoms with Gasteiger partial charge in [0.15, 0.2) is 17.2 Å². The van der Waals surface area contributed by atoms with Gasteiger partial charge in [-0.3, -0.25) is 28.8 Å². The number of nitrogens with one attached hydrogen (secondary N) is 2. The molecule has 2 heterocycles. The number of benzene rings is 3. The average Bonchev–Trinajstić information content (AvgIpc) is 3.92. The number of ether oxygens (including phenoxy) is 2. The smallest absolute Gasteiger partial charge is 0.255 e. The highest BCUT2D eigenvalue weighted by Gasteiger charge is 2.69. The second-order valence-corrected chi connectivity index (χ2v) is 17.4. The number of amides is 4. The zero-order valence-electron chi connectivity index (χ0n) is 32.8. The fourth-order valence-electron chi connectivity index (χ4n) is 9.24. The molecule has 3 aromatic carbocycles. The average molecular weight is 815 g/mol. The van der Waals surface area contributed by atoms with Crippen LogP contribution in [0.4, 0.5) is 4.39 Å². The number of carbonyl (C=O) groups is 6. The molecule has 0 aromatic heterocycles. The van der Waals surface area contributed by atoms with E-state index in [-0.39, 0.29) is 49.1 Å². The number of hydrogen-bond acceptors (Lipinski definition) is 8. The van der Waals surface area contributed by atoms with Gasteiger partial charge in [-0.05, 0) is 97.0 Å². The van der Waals surface area contributed by atoms with Gasteiger partial charge in [0.05, 0.1) is 6.10 Å². The number of hydrogen-bond donors (Lipinski definition) is 3. The van der Waals surface area contributed by atoms with Crippen molar-refractivity contribution >= 4 is 46.8 Å². The van der Waals surface area contributed by atoms with E-state index in [4.69, 9.17) is 26.8 Å². The summed E-state index contributed by atoms with van der Waals surface area (Å²) in [6.07, 6.45) is 1.03. The summed E-state index contributed by atoms with van der Waals surface area (Å²) in [5.74, 6) is -4.54. The van der Waals surface area contributed by atoms with Crippen LogP contribution in [0.5, 0.6) is 0 Å². The number of ketones is 2. The molecule has 12 nitrogen and oxygen atoms in total. The highest BCUT2D eigenvalue weighted by atomic mass is 35.5. The summed E-state index contributed by atoms with van der Waals surface area (Å²) in [5, 5.41) is 6.29. The molecule has 4 N–H and O–H groups in total. The fraction of sp³-hybridized carbons (Fsp3) is 0.455. The minimum absolute atomic E-state index is 0.0483. The first-order chi connectivity index (χ1) is 27.5. The molecule has 6 unspecified atom stereocenters. The molecule has 306 valence electrons. The fourth-order valence-corrected chi connectivity index (χ4v) is 9.37. The predicted molar refractivity (Wildman–Crippen MR) is 211 cm³/mol. The minimum atomic E-state index is -1.84. The molecule has 3 aromatic rings. The van der Waals surface area contributed by atoms with Crippen LogP contribution in [0.15, 0.2) is 72.8 Å². The minimum Gasteiger partial charge on any atom is -0.367 e. The molecule has 4 fully saturated rings. The largest absolute Gasteiger partial charge is 0.367 e. The number of fused-ring (bicyclic) bond motifs is 2. The third-order valence-corrected chi connectivity index (χ3v) is 12.7. The van der Waals surface area contributed by atoms with Crippen LogP contribution in [0.25, 0.3) is 0 Å². The normalized spacial score (nSPS) is 26.1. The van der Waals surface area contributed by atoms with Crippen LogP contribution in [0.1, 0.15) is 86.3 Å². The van der Waals surface area contributed by atoms with Crippen LogP contribution in [0.3, 0.4) is 0 Å². The summed E-state index contributed by atoms with van der Waals surface area (Å²) in [5.41, 5.74) is 2.74. The van der Waals surface area contributed by atoms with Gasteiger partial charge in [-0.15, -0.1) is 0 Å². The summed E-state index contributed by atoms with van der Waals surface area (Å²) in [7, 11) is 0.